The van der Waals surface area contributed by atoms with Gasteiger partial charge in [-0.05, 0) is 43.0 Å². The number of carbonyl (C=O) groups is 1. The molecule has 1 aromatic rings. The van der Waals surface area contributed by atoms with Crippen LogP contribution in [0.5, 0.6) is 0 Å². The Morgan fingerprint density at radius 1 is 1.32 bits per heavy atom. The van der Waals surface area contributed by atoms with Crippen LogP contribution in [0.15, 0.2) is 18.2 Å². The highest BCUT2D eigenvalue weighted by Crippen LogP contribution is 2.35. The summed E-state index contributed by atoms with van der Waals surface area (Å²) in [7, 11) is -3.08. The second-order valence-corrected chi connectivity index (χ2v) is 8.76. The summed E-state index contributed by atoms with van der Waals surface area (Å²) in [4.78, 5) is 13.9. The van der Waals surface area contributed by atoms with Crippen LogP contribution in [0.2, 0.25) is 0 Å². The van der Waals surface area contributed by atoms with E-state index < -0.39 is 21.6 Å². The van der Waals surface area contributed by atoms with Gasteiger partial charge in [-0.2, -0.15) is 13.2 Å². The summed E-state index contributed by atoms with van der Waals surface area (Å²) >= 11 is 0. The summed E-state index contributed by atoms with van der Waals surface area (Å²) in [5.74, 6) is -0.288. The van der Waals surface area contributed by atoms with Crippen molar-refractivity contribution in [1.82, 2.24) is 5.32 Å². The summed E-state index contributed by atoms with van der Waals surface area (Å²) in [5, 5.41) is 2.71. The minimum Gasteiger partial charge on any atom is -0.362 e. The number of hydrogen-bond acceptors (Lipinski definition) is 4. The zero-order valence-corrected chi connectivity index (χ0v) is 14.3. The van der Waals surface area contributed by atoms with Gasteiger partial charge in [-0.1, -0.05) is 0 Å². The van der Waals surface area contributed by atoms with E-state index in [0.29, 0.717) is 37.1 Å². The molecule has 0 bridgehead atoms. The number of nitrogens with one attached hydrogen (secondary N) is 1. The lowest BCUT2D eigenvalue weighted by molar-refractivity contribution is -0.137. The molecule has 25 heavy (non-hydrogen) atoms. The number of halogens is 3. The predicted molar refractivity (Wildman–Crippen MR) is 87.2 cm³/mol. The highest BCUT2D eigenvalue weighted by Gasteiger charge is 2.33. The van der Waals surface area contributed by atoms with Crippen LogP contribution in [0.3, 0.4) is 0 Å². The number of alkyl halides is 3. The second-order valence-electron chi connectivity index (χ2n) is 6.53. The van der Waals surface area contributed by atoms with Crippen LogP contribution < -0.4 is 10.2 Å². The average Bonchev–Trinajstić information content (AvgIpc) is 2.84. The number of hydrogen-bond donors (Lipinski definition) is 1. The van der Waals surface area contributed by atoms with Crippen LogP contribution >= 0.6 is 0 Å². The first-order valence-corrected chi connectivity index (χ1v) is 9.91. The zero-order valence-electron chi connectivity index (χ0n) is 13.5. The molecule has 0 saturated carbocycles. The number of rotatable bonds is 3. The topological polar surface area (TPSA) is 66.5 Å². The van der Waals surface area contributed by atoms with Crippen molar-refractivity contribution in [2.45, 2.75) is 31.5 Å². The summed E-state index contributed by atoms with van der Waals surface area (Å²) in [6.45, 7) is 0.587. The quantitative estimate of drug-likeness (QED) is 0.873. The van der Waals surface area contributed by atoms with Crippen molar-refractivity contribution in [1.29, 1.82) is 0 Å². The van der Waals surface area contributed by atoms with Gasteiger partial charge in [0.1, 0.15) is 0 Å². The summed E-state index contributed by atoms with van der Waals surface area (Å²) in [6.07, 6.45) is -2.78. The van der Waals surface area contributed by atoms with E-state index in [0.717, 1.165) is 12.1 Å². The van der Waals surface area contributed by atoms with Crippen LogP contribution in [0, 0.1) is 0 Å². The number of anilines is 1. The maximum atomic E-state index is 12.8. The molecule has 3 rings (SSSR count). The van der Waals surface area contributed by atoms with Gasteiger partial charge in [0.05, 0.1) is 23.6 Å². The van der Waals surface area contributed by atoms with Crippen molar-refractivity contribution in [2.24, 2.45) is 0 Å². The minimum absolute atomic E-state index is 0.00884. The van der Waals surface area contributed by atoms with E-state index >= 15 is 0 Å². The number of nitrogens with zero attached hydrogens (tertiary/aromatic N) is 1. The Hall–Kier alpha value is -1.77. The van der Waals surface area contributed by atoms with Gasteiger partial charge >= 0.3 is 6.18 Å². The molecule has 2 aliphatic heterocycles. The van der Waals surface area contributed by atoms with Crippen LogP contribution in [-0.2, 0) is 27.2 Å². The van der Waals surface area contributed by atoms with Crippen molar-refractivity contribution < 1.29 is 26.4 Å². The Balaban J connectivity index is 1.68. The molecule has 1 aromatic carbocycles. The fourth-order valence-electron chi connectivity index (χ4n) is 3.37. The van der Waals surface area contributed by atoms with E-state index in [-0.39, 0.29) is 30.0 Å². The van der Waals surface area contributed by atoms with Crippen LogP contribution in [-0.4, -0.2) is 45.0 Å². The number of fused-ring (bicyclic) bond motifs is 1. The van der Waals surface area contributed by atoms with Gasteiger partial charge in [0, 0.05) is 18.3 Å². The first kappa shape index (κ1) is 18.0. The molecule has 1 fully saturated rings. The van der Waals surface area contributed by atoms with Gasteiger partial charge in [-0.25, -0.2) is 8.42 Å². The van der Waals surface area contributed by atoms with Gasteiger partial charge in [-0.3, -0.25) is 4.79 Å². The Kier molecular flexibility index (Phi) is 4.70. The van der Waals surface area contributed by atoms with Crippen molar-refractivity contribution in [3.05, 3.63) is 29.3 Å². The summed E-state index contributed by atoms with van der Waals surface area (Å²) in [6, 6.07) is 3.20. The van der Waals surface area contributed by atoms with Gasteiger partial charge in [0.15, 0.2) is 9.84 Å². The Labute approximate surface area is 144 Å². The monoisotopic (exact) mass is 376 g/mol. The summed E-state index contributed by atoms with van der Waals surface area (Å²) < 4.78 is 61.4. The lowest BCUT2D eigenvalue weighted by atomic mass is 9.99. The van der Waals surface area contributed by atoms with E-state index in [2.05, 4.69) is 5.32 Å². The van der Waals surface area contributed by atoms with Crippen molar-refractivity contribution in [2.75, 3.05) is 29.5 Å². The SMILES string of the molecule is O=C(CN1CCCc2cc(C(F)(F)F)ccc21)N[C@H]1CCS(=O)(=O)C1. The molecule has 5 nitrogen and oxygen atoms in total. The molecule has 1 amide bonds. The normalized spacial score (nSPS) is 22.5. The molecule has 1 saturated heterocycles. The first-order chi connectivity index (χ1) is 11.6. The molecule has 2 heterocycles. The van der Waals surface area contributed by atoms with Gasteiger partial charge in [-0.15, -0.1) is 0 Å². The first-order valence-electron chi connectivity index (χ1n) is 8.09. The zero-order chi connectivity index (χ0) is 18.2. The molecule has 1 N–H and O–H groups in total. The van der Waals surface area contributed by atoms with Crippen LogP contribution in [0.4, 0.5) is 18.9 Å². The van der Waals surface area contributed by atoms with Crippen molar-refractivity contribution in [3.8, 4) is 0 Å². The Bertz CT molecular complexity index is 777. The fraction of sp³-hybridized carbons (Fsp3) is 0.562. The minimum atomic E-state index is -4.39. The largest absolute Gasteiger partial charge is 0.416 e. The molecule has 1 atom stereocenters. The third-order valence-electron chi connectivity index (χ3n) is 4.55. The van der Waals surface area contributed by atoms with Gasteiger partial charge < -0.3 is 10.2 Å². The molecular weight excluding hydrogens is 357 g/mol. The third kappa shape index (κ3) is 4.26. The van der Waals surface area contributed by atoms with E-state index in [1.807, 2.05) is 0 Å². The van der Waals surface area contributed by atoms with E-state index in [4.69, 9.17) is 0 Å². The van der Waals surface area contributed by atoms with Gasteiger partial charge in [0.25, 0.3) is 0 Å². The number of sulfone groups is 1. The maximum absolute atomic E-state index is 12.8. The van der Waals surface area contributed by atoms with Crippen molar-refractivity contribution >= 4 is 21.4 Å². The molecule has 2 aliphatic rings. The molecule has 0 radical (unpaired) electrons. The summed E-state index contributed by atoms with van der Waals surface area (Å²) in [5.41, 5.74) is 0.527. The van der Waals surface area contributed by atoms with Gasteiger partial charge in [0.2, 0.25) is 5.91 Å². The fourth-order valence-corrected chi connectivity index (χ4v) is 5.04. The van der Waals surface area contributed by atoms with Crippen LogP contribution in [0.1, 0.15) is 24.0 Å². The Morgan fingerprint density at radius 3 is 2.72 bits per heavy atom. The number of aryl methyl sites for hydroxylation is 1. The smallest absolute Gasteiger partial charge is 0.362 e. The predicted octanol–water partition coefficient (Wildman–Crippen LogP) is 1.76. The number of carbonyl (C=O) groups excluding carboxylic acids is 1. The molecule has 0 aliphatic carbocycles. The van der Waals surface area contributed by atoms with Crippen LogP contribution in [0.25, 0.3) is 0 Å². The van der Waals surface area contributed by atoms with E-state index in [1.165, 1.54) is 6.07 Å². The van der Waals surface area contributed by atoms with E-state index in [1.54, 1.807) is 4.90 Å². The Morgan fingerprint density at radius 2 is 2.08 bits per heavy atom. The lowest BCUT2D eigenvalue weighted by Gasteiger charge is -2.31. The highest BCUT2D eigenvalue weighted by atomic mass is 32.2. The third-order valence-corrected chi connectivity index (χ3v) is 6.32. The molecular formula is C16H19F3N2O3S. The lowest BCUT2D eigenvalue weighted by Crippen LogP contribution is -2.44. The number of benzene rings is 1. The molecule has 0 spiro atoms. The number of amides is 1. The molecule has 0 aromatic heterocycles. The molecule has 0 unspecified atom stereocenters. The second kappa shape index (κ2) is 6.51. The highest BCUT2D eigenvalue weighted by molar-refractivity contribution is 7.91. The molecule has 138 valence electrons. The molecule has 9 heteroatoms. The average molecular weight is 376 g/mol. The van der Waals surface area contributed by atoms with Crippen molar-refractivity contribution in [3.63, 3.8) is 0 Å². The standard InChI is InChI=1S/C16H19F3N2O3S/c17-16(18,19)12-3-4-14-11(8-12)2-1-6-21(14)9-15(22)20-13-5-7-25(23,24)10-13/h3-4,8,13H,1-2,5-7,9-10H2,(H,20,22)/t13-/m0/s1. The maximum Gasteiger partial charge on any atom is 0.416 e. The van der Waals surface area contributed by atoms with E-state index in [9.17, 15) is 26.4 Å².